The molecule has 0 aromatic heterocycles. The predicted octanol–water partition coefficient (Wildman–Crippen LogP) is -0.346. The summed E-state index contributed by atoms with van der Waals surface area (Å²) in [5, 5.41) is 0. The largest absolute Gasteiger partial charge is 0.412 e. The van der Waals surface area contributed by atoms with Crippen LogP contribution in [0, 0.1) is 0 Å². The first-order chi connectivity index (χ1) is 3.41. The molecular weight excluding hydrogens is 110 g/mol. The van der Waals surface area contributed by atoms with Crippen LogP contribution < -0.4 is 5.64 Å². The second-order valence-corrected chi connectivity index (χ2v) is 0.949. The van der Waals surface area contributed by atoms with Crippen molar-refractivity contribution in [1.82, 2.24) is 5.64 Å². The monoisotopic (exact) mass is 123 g/mol. The second-order valence-electron chi connectivity index (χ2n) is 0.949. The fraction of sp³-hybridized carbons (Fsp3) is 1.00. The van der Waals surface area contributed by atoms with E-state index >= 15 is 0 Å². The fourth-order valence-corrected chi connectivity index (χ4v) is 0.160. The van der Waals surface area contributed by atoms with Gasteiger partial charge in [0, 0.05) is 0 Å². The van der Waals surface area contributed by atoms with Crippen LogP contribution in [0.4, 0.5) is 0 Å². The molecule has 0 aliphatic heterocycles. The number of hydrogen-bond acceptors (Lipinski definition) is 3. The number of nitrogens with one attached hydrogen (secondary N) is 1. The molecule has 0 amide bonds. The zero-order valence-corrected chi connectivity index (χ0v) is 5.23. The molecule has 0 aromatic carbocycles. The first kappa shape index (κ1) is 10.8. The molecule has 4 heteroatoms. The number of hydrogen-bond donors (Lipinski definition) is 1. The van der Waals surface area contributed by atoms with Crippen LogP contribution in [0.3, 0.4) is 0 Å². The molecule has 8 heavy (non-hydrogen) atoms. The Morgan fingerprint density at radius 3 is 1.75 bits per heavy atom. The van der Waals surface area contributed by atoms with Crippen molar-refractivity contribution >= 4 is 0 Å². The lowest BCUT2D eigenvalue weighted by atomic mass is 10.9. The van der Waals surface area contributed by atoms with Crippen molar-refractivity contribution in [3.8, 4) is 0 Å². The maximum Gasteiger partial charge on any atom is 0.0680 e. The third-order valence-corrected chi connectivity index (χ3v) is 0.407. The molecule has 52 valence electrons. The SMILES string of the molecule is CCONOCC.O. The second kappa shape index (κ2) is 9.96. The summed E-state index contributed by atoms with van der Waals surface area (Å²) < 4.78 is 0. The van der Waals surface area contributed by atoms with E-state index in [9.17, 15) is 0 Å². The molecule has 0 unspecified atom stereocenters. The van der Waals surface area contributed by atoms with Gasteiger partial charge in [-0.05, 0) is 13.8 Å². The van der Waals surface area contributed by atoms with Crippen LogP contribution in [0.2, 0.25) is 0 Å². The van der Waals surface area contributed by atoms with Gasteiger partial charge in [0.05, 0.1) is 13.2 Å². The van der Waals surface area contributed by atoms with E-state index in [2.05, 4.69) is 15.3 Å². The van der Waals surface area contributed by atoms with E-state index in [4.69, 9.17) is 0 Å². The van der Waals surface area contributed by atoms with E-state index in [1.807, 2.05) is 13.8 Å². The minimum Gasteiger partial charge on any atom is -0.412 e. The van der Waals surface area contributed by atoms with Crippen molar-refractivity contribution in [3.63, 3.8) is 0 Å². The summed E-state index contributed by atoms with van der Waals surface area (Å²) in [7, 11) is 0. The summed E-state index contributed by atoms with van der Waals surface area (Å²) in [6.45, 7) is 5.01. The highest BCUT2D eigenvalue weighted by Gasteiger charge is 1.74. The van der Waals surface area contributed by atoms with Crippen LogP contribution in [-0.2, 0) is 9.68 Å². The summed E-state index contributed by atoms with van der Waals surface area (Å²) >= 11 is 0. The molecule has 0 spiro atoms. The molecule has 0 aliphatic rings. The van der Waals surface area contributed by atoms with E-state index < -0.39 is 0 Å². The van der Waals surface area contributed by atoms with Crippen molar-refractivity contribution < 1.29 is 15.2 Å². The molecule has 0 heterocycles. The van der Waals surface area contributed by atoms with Crippen molar-refractivity contribution in [2.75, 3.05) is 13.2 Å². The van der Waals surface area contributed by atoms with Gasteiger partial charge < -0.3 is 5.48 Å². The average molecular weight is 123 g/mol. The van der Waals surface area contributed by atoms with E-state index in [0.717, 1.165) is 0 Å². The Morgan fingerprint density at radius 2 is 1.50 bits per heavy atom. The third kappa shape index (κ3) is 9.28. The molecule has 0 radical (unpaired) electrons. The Hall–Kier alpha value is -0.160. The highest BCUT2D eigenvalue weighted by Crippen LogP contribution is 1.64. The highest BCUT2D eigenvalue weighted by molar-refractivity contribution is 3.99. The Bertz CT molecular complexity index is 30.5. The molecule has 4 nitrogen and oxygen atoms in total. The number of rotatable bonds is 4. The van der Waals surface area contributed by atoms with Crippen LogP contribution in [0.5, 0.6) is 0 Å². The van der Waals surface area contributed by atoms with E-state index in [1.165, 1.54) is 0 Å². The summed E-state index contributed by atoms with van der Waals surface area (Å²) in [6.07, 6.45) is 0. The lowest BCUT2D eigenvalue weighted by molar-refractivity contribution is -0.163. The van der Waals surface area contributed by atoms with Crippen molar-refractivity contribution in [2.24, 2.45) is 0 Å². The van der Waals surface area contributed by atoms with Gasteiger partial charge in [0.15, 0.2) is 0 Å². The average Bonchev–Trinajstić information content (AvgIpc) is 1.69. The van der Waals surface area contributed by atoms with E-state index in [0.29, 0.717) is 13.2 Å². The molecule has 0 aromatic rings. The van der Waals surface area contributed by atoms with Crippen molar-refractivity contribution in [2.45, 2.75) is 13.8 Å². The Morgan fingerprint density at radius 1 is 1.12 bits per heavy atom. The quantitative estimate of drug-likeness (QED) is 0.410. The molecule has 0 aliphatic carbocycles. The van der Waals surface area contributed by atoms with Crippen LogP contribution >= 0.6 is 0 Å². The molecule has 0 saturated heterocycles. The molecule has 3 N–H and O–H groups in total. The summed E-state index contributed by atoms with van der Waals surface area (Å²) in [5.41, 5.74) is 2.28. The zero-order chi connectivity index (χ0) is 5.54. The van der Waals surface area contributed by atoms with Crippen LogP contribution in [0.1, 0.15) is 13.8 Å². The van der Waals surface area contributed by atoms with Gasteiger partial charge >= 0.3 is 0 Å². The van der Waals surface area contributed by atoms with E-state index in [1.54, 1.807) is 0 Å². The van der Waals surface area contributed by atoms with Crippen LogP contribution in [0.25, 0.3) is 0 Å². The topological polar surface area (TPSA) is 62.0 Å². The fourth-order valence-electron chi connectivity index (χ4n) is 0.160. The zero-order valence-electron chi connectivity index (χ0n) is 5.23. The van der Waals surface area contributed by atoms with Gasteiger partial charge in [-0.15, -0.1) is 0 Å². The lowest BCUT2D eigenvalue weighted by Gasteiger charge is -1.98. The molecule has 0 atom stereocenters. The molecule has 0 rings (SSSR count). The minimum atomic E-state index is 0. The van der Waals surface area contributed by atoms with Gasteiger partial charge in [-0.2, -0.15) is 0 Å². The van der Waals surface area contributed by atoms with E-state index in [-0.39, 0.29) is 5.48 Å². The smallest absolute Gasteiger partial charge is 0.0680 e. The van der Waals surface area contributed by atoms with Crippen LogP contribution in [0.15, 0.2) is 0 Å². The normalized spacial score (nSPS) is 8.25. The van der Waals surface area contributed by atoms with Gasteiger partial charge in [0.2, 0.25) is 0 Å². The van der Waals surface area contributed by atoms with Gasteiger partial charge in [-0.25, -0.2) is 0 Å². The highest BCUT2D eigenvalue weighted by atomic mass is 16.9. The first-order valence-electron chi connectivity index (χ1n) is 2.40. The third-order valence-electron chi connectivity index (χ3n) is 0.407. The molecule has 0 bridgehead atoms. The Balaban J connectivity index is 0. The Kier molecular flexibility index (Phi) is 13.4. The summed E-state index contributed by atoms with van der Waals surface area (Å²) in [5.74, 6) is 0. The van der Waals surface area contributed by atoms with Gasteiger partial charge in [0.1, 0.15) is 0 Å². The van der Waals surface area contributed by atoms with Gasteiger partial charge in [-0.3, -0.25) is 9.68 Å². The molecule has 0 fully saturated rings. The standard InChI is InChI=1S/C4H11NO2.H2O/c1-3-6-5-7-4-2;/h5H,3-4H2,1-2H3;1H2. The van der Waals surface area contributed by atoms with Crippen molar-refractivity contribution in [3.05, 3.63) is 0 Å². The maximum atomic E-state index is 4.60. The van der Waals surface area contributed by atoms with Crippen molar-refractivity contribution in [1.29, 1.82) is 0 Å². The predicted molar refractivity (Wildman–Crippen MR) is 30.0 cm³/mol. The van der Waals surface area contributed by atoms with Gasteiger partial charge in [-0.1, -0.05) is 5.64 Å². The lowest BCUT2D eigenvalue weighted by Crippen LogP contribution is -2.14. The van der Waals surface area contributed by atoms with Gasteiger partial charge in [0.25, 0.3) is 0 Å². The molecular formula is C4H13NO3. The Labute approximate surface area is 49.0 Å². The summed E-state index contributed by atoms with van der Waals surface area (Å²) in [4.78, 5) is 9.20. The minimum absolute atomic E-state index is 0. The summed E-state index contributed by atoms with van der Waals surface area (Å²) in [6, 6.07) is 0. The first-order valence-corrected chi connectivity index (χ1v) is 2.40. The maximum absolute atomic E-state index is 4.60. The molecule has 0 saturated carbocycles. The van der Waals surface area contributed by atoms with Crippen LogP contribution in [-0.4, -0.2) is 18.7 Å².